The van der Waals surface area contributed by atoms with Crippen molar-refractivity contribution in [3.8, 4) is 11.4 Å². The molecule has 0 aliphatic carbocycles. The summed E-state index contributed by atoms with van der Waals surface area (Å²) in [5, 5.41) is 7.15. The molecular weight excluding hydrogens is 357 g/mol. The second kappa shape index (κ2) is 7.19. The average Bonchev–Trinajstić information content (AvgIpc) is 3.12. The number of nitrogens with zero attached hydrogens (tertiary/aromatic N) is 4. The van der Waals surface area contributed by atoms with Gasteiger partial charge in [0.05, 0.1) is 12.1 Å². The van der Waals surface area contributed by atoms with Crippen LogP contribution in [0.4, 0.5) is 10.1 Å². The molecule has 0 saturated carbocycles. The molecule has 0 fully saturated rings. The van der Waals surface area contributed by atoms with Crippen LogP contribution in [0.5, 0.6) is 0 Å². The predicted molar refractivity (Wildman–Crippen MR) is 104 cm³/mol. The largest absolute Gasteiger partial charge is 0.323 e. The summed E-state index contributed by atoms with van der Waals surface area (Å²) in [6.07, 6.45) is 0.0650. The van der Waals surface area contributed by atoms with Crippen molar-refractivity contribution in [1.82, 2.24) is 19.6 Å². The van der Waals surface area contributed by atoms with Crippen LogP contribution in [0.1, 0.15) is 17.0 Å². The van der Waals surface area contributed by atoms with Gasteiger partial charge in [0.2, 0.25) is 5.91 Å². The van der Waals surface area contributed by atoms with Crippen molar-refractivity contribution in [2.24, 2.45) is 0 Å². The van der Waals surface area contributed by atoms with Crippen LogP contribution in [-0.4, -0.2) is 25.5 Å². The summed E-state index contributed by atoms with van der Waals surface area (Å²) in [4.78, 5) is 21.4. The normalized spacial score (nSPS) is 11.0. The highest BCUT2D eigenvalue weighted by Crippen LogP contribution is 2.20. The smallest absolute Gasteiger partial charge is 0.253 e. The van der Waals surface area contributed by atoms with Crippen LogP contribution in [0.3, 0.4) is 0 Å². The summed E-state index contributed by atoms with van der Waals surface area (Å²) in [5.74, 6) is 0.262. The highest BCUT2D eigenvalue weighted by Gasteiger charge is 2.17. The monoisotopic (exact) mass is 375 g/mol. The first-order valence-corrected chi connectivity index (χ1v) is 8.85. The molecule has 1 N–H and O–H groups in total. The Labute approximate surface area is 161 Å². The van der Waals surface area contributed by atoms with Crippen LogP contribution in [0.15, 0.2) is 54.6 Å². The molecular formula is C21H18FN5O. The van der Waals surface area contributed by atoms with Gasteiger partial charge in [-0.1, -0.05) is 42.5 Å². The molecule has 6 nitrogen and oxygen atoms in total. The summed E-state index contributed by atoms with van der Waals surface area (Å²) in [7, 11) is 0. The lowest BCUT2D eigenvalue weighted by molar-refractivity contribution is -0.115. The maximum Gasteiger partial charge on any atom is 0.253 e. The molecule has 0 unspecified atom stereocenters. The first-order valence-electron chi connectivity index (χ1n) is 8.85. The van der Waals surface area contributed by atoms with Crippen LogP contribution in [0.2, 0.25) is 0 Å². The van der Waals surface area contributed by atoms with Crippen LogP contribution in [0.25, 0.3) is 17.2 Å². The Kier molecular flexibility index (Phi) is 4.57. The van der Waals surface area contributed by atoms with Gasteiger partial charge in [-0.2, -0.15) is 4.98 Å². The van der Waals surface area contributed by atoms with E-state index >= 15 is 0 Å². The van der Waals surface area contributed by atoms with E-state index in [4.69, 9.17) is 0 Å². The van der Waals surface area contributed by atoms with Gasteiger partial charge in [0, 0.05) is 22.5 Å². The molecule has 0 bridgehead atoms. The molecule has 140 valence electrons. The van der Waals surface area contributed by atoms with Gasteiger partial charge in [-0.15, -0.1) is 5.10 Å². The molecule has 0 saturated heterocycles. The average molecular weight is 375 g/mol. The Bertz CT molecular complexity index is 1170. The maximum atomic E-state index is 13.8. The van der Waals surface area contributed by atoms with Crippen molar-refractivity contribution < 1.29 is 9.18 Å². The Balaban J connectivity index is 1.66. The Morgan fingerprint density at radius 3 is 2.50 bits per heavy atom. The molecule has 4 rings (SSSR count). The third-order valence-corrected chi connectivity index (χ3v) is 4.57. The van der Waals surface area contributed by atoms with E-state index in [0.29, 0.717) is 17.3 Å². The van der Waals surface area contributed by atoms with Gasteiger partial charge in [-0.25, -0.2) is 13.9 Å². The zero-order valence-electron chi connectivity index (χ0n) is 15.5. The number of hydrogen-bond donors (Lipinski definition) is 1. The van der Waals surface area contributed by atoms with E-state index in [1.807, 2.05) is 44.2 Å². The van der Waals surface area contributed by atoms with E-state index < -0.39 is 5.82 Å². The summed E-state index contributed by atoms with van der Waals surface area (Å²) in [6.45, 7) is 3.70. The van der Waals surface area contributed by atoms with Gasteiger partial charge in [0.25, 0.3) is 5.78 Å². The number of hydrogen-bond acceptors (Lipinski definition) is 4. The Morgan fingerprint density at radius 2 is 1.75 bits per heavy atom. The molecule has 7 heteroatoms. The van der Waals surface area contributed by atoms with Crippen molar-refractivity contribution in [1.29, 1.82) is 0 Å². The van der Waals surface area contributed by atoms with E-state index in [9.17, 15) is 9.18 Å². The molecule has 0 radical (unpaired) electrons. The summed E-state index contributed by atoms with van der Waals surface area (Å²) < 4.78 is 15.4. The van der Waals surface area contributed by atoms with Gasteiger partial charge >= 0.3 is 0 Å². The number of carbonyl (C=O) groups excluding carboxylic acids is 1. The zero-order valence-corrected chi connectivity index (χ0v) is 15.5. The van der Waals surface area contributed by atoms with Gasteiger partial charge in [0.1, 0.15) is 5.82 Å². The number of aryl methyl sites for hydroxylation is 2. The minimum Gasteiger partial charge on any atom is -0.323 e. The lowest BCUT2D eigenvalue weighted by atomic mass is 10.1. The number of nitrogens with one attached hydrogen (secondary N) is 1. The number of fused-ring (bicyclic) bond motifs is 1. The lowest BCUT2D eigenvalue weighted by Gasteiger charge is -2.11. The molecule has 1 amide bonds. The maximum absolute atomic E-state index is 13.8. The minimum absolute atomic E-state index is 0.0650. The fourth-order valence-electron chi connectivity index (χ4n) is 3.09. The highest BCUT2D eigenvalue weighted by molar-refractivity contribution is 5.92. The third-order valence-electron chi connectivity index (χ3n) is 4.57. The summed E-state index contributed by atoms with van der Waals surface area (Å²) in [6, 6.07) is 15.7. The fourth-order valence-corrected chi connectivity index (χ4v) is 3.09. The number of anilines is 1. The van der Waals surface area contributed by atoms with Crippen LogP contribution >= 0.6 is 0 Å². The molecule has 28 heavy (non-hydrogen) atoms. The van der Waals surface area contributed by atoms with Crippen molar-refractivity contribution in [3.63, 3.8) is 0 Å². The van der Waals surface area contributed by atoms with E-state index in [-0.39, 0.29) is 18.0 Å². The Morgan fingerprint density at radius 1 is 1.04 bits per heavy atom. The number of aromatic nitrogens is 4. The number of rotatable bonds is 4. The number of carbonyl (C=O) groups is 1. The highest BCUT2D eigenvalue weighted by atomic mass is 19.1. The van der Waals surface area contributed by atoms with Crippen molar-refractivity contribution >= 4 is 17.4 Å². The van der Waals surface area contributed by atoms with E-state index in [2.05, 4.69) is 20.4 Å². The van der Waals surface area contributed by atoms with E-state index in [1.54, 1.807) is 16.6 Å². The predicted octanol–water partition coefficient (Wildman–Crippen LogP) is 3.73. The van der Waals surface area contributed by atoms with Crippen LogP contribution < -0.4 is 5.32 Å². The summed E-state index contributed by atoms with van der Waals surface area (Å²) in [5.41, 5.74) is 3.26. The second-order valence-corrected chi connectivity index (χ2v) is 6.48. The van der Waals surface area contributed by atoms with Crippen molar-refractivity contribution in [2.45, 2.75) is 20.3 Å². The molecule has 0 atom stereocenters. The third kappa shape index (κ3) is 3.34. The van der Waals surface area contributed by atoms with Gasteiger partial charge in [-0.3, -0.25) is 4.79 Å². The van der Waals surface area contributed by atoms with Gasteiger partial charge < -0.3 is 5.32 Å². The zero-order chi connectivity index (χ0) is 19.7. The first-order chi connectivity index (χ1) is 13.5. The topological polar surface area (TPSA) is 72.2 Å². The number of benzene rings is 2. The number of para-hydroxylation sites is 1. The van der Waals surface area contributed by atoms with E-state index in [0.717, 1.165) is 16.8 Å². The number of amides is 1. The van der Waals surface area contributed by atoms with Crippen LogP contribution in [-0.2, 0) is 11.2 Å². The second-order valence-electron chi connectivity index (χ2n) is 6.48. The molecule has 0 spiro atoms. The molecule has 0 aliphatic heterocycles. The molecule has 2 aromatic carbocycles. The van der Waals surface area contributed by atoms with Crippen LogP contribution in [0, 0.1) is 19.7 Å². The van der Waals surface area contributed by atoms with Gasteiger partial charge in [-0.05, 0) is 26.0 Å². The van der Waals surface area contributed by atoms with Crippen molar-refractivity contribution in [3.05, 3.63) is 77.4 Å². The summed E-state index contributed by atoms with van der Waals surface area (Å²) >= 11 is 0. The quantitative estimate of drug-likeness (QED) is 0.590. The Hall–Kier alpha value is -3.61. The fraction of sp³-hybridized carbons (Fsp3) is 0.143. The first kappa shape index (κ1) is 17.8. The lowest BCUT2D eigenvalue weighted by Crippen LogP contribution is -2.18. The van der Waals surface area contributed by atoms with Gasteiger partial charge in [0.15, 0.2) is 5.82 Å². The molecule has 0 aliphatic rings. The molecule has 4 aromatic rings. The molecule has 2 aromatic heterocycles. The minimum atomic E-state index is -0.471. The molecule has 2 heterocycles. The SMILES string of the molecule is Cc1nc2nc(-c3ccccc3)nn2c(C)c1CC(=O)Nc1ccccc1F. The van der Waals surface area contributed by atoms with E-state index in [1.165, 1.54) is 12.1 Å². The number of halogens is 1. The van der Waals surface area contributed by atoms with Crippen molar-refractivity contribution in [2.75, 3.05) is 5.32 Å². The standard InChI is InChI=1S/C21H18FN5O/c1-13-16(12-19(28)24-18-11-7-6-10-17(18)22)14(2)27-21(23-13)25-20(26-27)15-8-4-3-5-9-15/h3-11H,12H2,1-2H3,(H,24,28).